The van der Waals surface area contributed by atoms with Gasteiger partial charge < -0.3 is 5.32 Å². The van der Waals surface area contributed by atoms with Crippen LogP contribution in [0.25, 0.3) is 0 Å². The van der Waals surface area contributed by atoms with Gasteiger partial charge in [-0.25, -0.2) is 0 Å². The highest BCUT2D eigenvalue weighted by atomic mass is 14.9. The summed E-state index contributed by atoms with van der Waals surface area (Å²) in [6.45, 7) is 10.8. The summed E-state index contributed by atoms with van der Waals surface area (Å²) in [5.74, 6) is 0. The first-order chi connectivity index (χ1) is 8.12. The summed E-state index contributed by atoms with van der Waals surface area (Å²) in [7, 11) is 2.03. The van der Waals surface area contributed by atoms with Crippen LogP contribution in [0.5, 0.6) is 0 Å². The lowest BCUT2D eigenvalue weighted by Gasteiger charge is -2.40. The van der Waals surface area contributed by atoms with Gasteiger partial charge in [0.2, 0.25) is 0 Å². The van der Waals surface area contributed by atoms with Crippen LogP contribution < -0.4 is 5.32 Å². The quantitative estimate of drug-likeness (QED) is 0.732. The molecule has 0 aliphatic heterocycles. The third-order valence-corrected chi connectivity index (χ3v) is 3.94. The zero-order chi connectivity index (χ0) is 12.9. The van der Waals surface area contributed by atoms with Crippen molar-refractivity contribution in [1.82, 2.24) is 5.32 Å². The second kappa shape index (κ2) is 6.02. The molecule has 1 heteroatoms. The van der Waals surface area contributed by atoms with Crippen molar-refractivity contribution in [3.05, 3.63) is 48.0 Å². The molecule has 1 aromatic rings. The third kappa shape index (κ3) is 2.61. The van der Waals surface area contributed by atoms with Gasteiger partial charge in [-0.1, -0.05) is 56.3 Å². The van der Waals surface area contributed by atoms with E-state index < -0.39 is 0 Å². The van der Waals surface area contributed by atoms with Crippen LogP contribution in [0.3, 0.4) is 0 Å². The molecule has 0 fully saturated rings. The van der Waals surface area contributed by atoms with Crippen molar-refractivity contribution in [3.63, 3.8) is 0 Å². The number of rotatable bonds is 6. The predicted molar refractivity (Wildman–Crippen MR) is 76.4 cm³/mol. The summed E-state index contributed by atoms with van der Waals surface area (Å²) >= 11 is 0. The molecule has 0 bridgehead atoms. The minimum atomic E-state index is 0.155. The predicted octanol–water partition coefficient (Wildman–Crippen LogP) is 3.91. The Balaban J connectivity index is 3.26. The van der Waals surface area contributed by atoms with E-state index in [2.05, 4.69) is 63.0 Å². The summed E-state index contributed by atoms with van der Waals surface area (Å²) < 4.78 is 0. The van der Waals surface area contributed by atoms with Crippen molar-refractivity contribution in [1.29, 1.82) is 0 Å². The summed E-state index contributed by atoms with van der Waals surface area (Å²) in [6, 6.07) is 11.1. The number of hydrogen-bond acceptors (Lipinski definition) is 1. The van der Waals surface area contributed by atoms with Gasteiger partial charge in [-0.2, -0.15) is 0 Å². The average Bonchev–Trinajstić information content (AvgIpc) is 2.36. The molecule has 0 spiro atoms. The van der Waals surface area contributed by atoms with E-state index in [1.54, 1.807) is 0 Å². The fraction of sp³-hybridized carbons (Fsp3) is 0.500. The maximum atomic E-state index is 4.15. The highest BCUT2D eigenvalue weighted by Crippen LogP contribution is 2.37. The topological polar surface area (TPSA) is 12.0 Å². The molecule has 1 atom stereocenters. The van der Waals surface area contributed by atoms with Gasteiger partial charge in [-0.3, -0.25) is 0 Å². The highest BCUT2D eigenvalue weighted by Gasteiger charge is 2.36. The van der Waals surface area contributed by atoms with Gasteiger partial charge in [0.15, 0.2) is 0 Å². The van der Waals surface area contributed by atoms with Crippen molar-refractivity contribution in [2.24, 2.45) is 0 Å². The van der Waals surface area contributed by atoms with Crippen LogP contribution in [0, 0.1) is 0 Å². The Hall–Kier alpha value is -1.08. The Bertz CT molecular complexity index is 349. The molecule has 94 valence electrons. The lowest BCUT2D eigenvalue weighted by Crippen LogP contribution is -2.47. The van der Waals surface area contributed by atoms with Gasteiger partial charge in [-0.15, -0.1) is 0 Å². The minimum absolute atomic E-state index is 0.155. The van der Waals surface area contributed by atoms with E-state index in [-0.39, 0.29) is 5.41 Å². The van der Waals surface area contributed by atoms with Crippen molar-refractivity contribution in [2.75, 3.05) is 7.05 Å². The Labute approximate surface area is 106 Å². The molecule has 0 aliphatic rings. The first-order valence-corrected chi connectivity index (χ1v) is 6.50. The van der Waals surface area contributed by atoms with E-state index in [4.69, 9.17) is 0 Å². The van der Waals surface area contributed by atoms with Gasteiger partial charge in [0, 0.05) is 11.5 Å². The lowest BCUT2D eigenvalue weighted by molar-refractivity contribution is 0.313. The van der Waals surface area contributed by atoms with Crippen LogP contribution in [0.15, 0.2) is 42.5 Å². The molecule has 17 heavy (non-hydrogen) atoms. The second-order valence-electron chi connectivity index (χ2n) is 4.80. The van der Waals surface area contributed by atoms with E-state index in [0.29, 0.717) is 6.04 Å². The van der Waals surface area contributed by atoms with Crippen molar-refractivity contribution in [3.8, 4) is 0 Å². The number of hydrogen-bond donors (Lipinski definition) is 1. The molecule has 1 rings (SSSR count). The van der Waals surface area contributed by atoms with Crippen LogP contribution >= 0.6 is 0 Å². The van der Waals surface area contributed by atoms with Crippen LogP contribution in [-0.2, 0) is 5.41 Å². The molecular weight excluding hydrogens is 206 g/mol. The van der Waals surface area contributed by atoms with Crippen molar-refractivity contribution >= 4 is 0 Å². The van der Waals surface area contributed by atoms with Crippen molar-refractivity contribution in [2.45, 2.75) is 45.1 Å². The smallest absolute Gasteiger partial charge is 0.0369 e. The number of nitrogens with one attached hydrogen (secondary N) is 1. The Morgan fingerprint density at radius 1 is 1.24 bits per heavy atom. The molecule has 0 heterocycles. The van der Waals surface area contributed by atoms with E-state index in [1.165, 1.54) is 11.1 Å². The van der Waals surface area contributed by atoms with E-state index in [9.17, 15) is 0 Å². The summed E-state index contributed by atoms with van der Waals surface area (Å²) in [5, 5.41) is 3.44. The Morgan fingerprint density at radius 2 is 1.76 bits per heavy atom. The van der Waals surface area contributed by atoms with Crippen LogP contribution in [0.1, 0.15) is 39.2 Å². The largest absolute Gasteiger partial charge is 0.313 e. The lowest BCUT2D eigenvalue weighted by atomic mass is 9.68. The van der Waals surface area contributed by atoms with Gasteiger partial charge in [0.1, 0.15) is 0 Å². The van der Waals surface area contributed by atoms with E-state index in [0.717, 1.165) is 12.8 Å². The maximum absolute atomic E-state index is 4.15. The Kier molecular flexibility index (Phi) is 4.95. The monoisotopic (exact) mass is 231 g/mol. The molecule has 0 saturated carbocycles. The molecule has 1 aromatic carbocycles. The van der Waals surface area contributed by atoms with Gasteiger partial charge in [-0.05, 0) is 32.4 Å². The van der Waals surface area contributed by atoms with Gasteiger partial charge >= 0.3 is 0 Å². The number of likely N-dealkylation sites (N-methyl/N-ethyl adjacent to an activating group) is 1. The van der Waals surface area contributed by atoms with E-state index >= 15 is 0 Å². The van der Waals surface area contributed by atoms with Crippen LogP contribution in [0.2, 0.25) is 0 Å². The standard InChI is InChI=1S/C16H25N/c1-6-16(7-2,15(17-5)13(3)4)14-11-9-8-10-12-14/h8-12,15,17H,3,6-7H2,1-2,4-5H3. The molecule has 1 N–H and O–H groups in total. The maximum Gasteiger partial charge on any atom is 0.0369 e. The zero-order valence-electron chi connectivity index (χ0n) is 11.6. The fourth-order valence-electron chi connectivity index (χ4n) is 3.00. The molecule has 0 amide bonds. The molecule has 0 aliphatic carbocycles. The molecule has 1 nitrogen and oxygen atoms in total. The van der Waals surface area contributed by atoms with Crippen LogP contribution in [-0.4, -0.2) is 13.1 Å². The molecule has 1 unspecified atom stereocenters. The van der Waals surface area contributed by atoms with Gasteiger partial charge in [0.25, 0.3) is 0 Å². The van der Waals surface area contributed by atoms with Crippen LogP contribution in [0.4, 0.5) is 0 Å². The highest BCUT2D eigenvalue weighted by molar-refractivity contribution is 5.31. The molecule has 0 radical (unpaired) electrons. The summed E-state index contributed by atoms with van der Waals surface area (Å²) in [6.07, 6.45) is 2.23. The van der Waals surface area contributed by atoms with E-state index in [1.807, 2.05) is 7.05 Å². The Morgan fingerprint density at radius 3 is 2.12 bits per heavy atom. The summed E-state index contributed by atoms with van der Waals surface area (Å²) in [5.41, 5.74) is 2.77. The SMILES string of the molecule is C=C(C)C(NC)C(CC)(CC)c1ccccc1. The fourth-order valence-corrected chi connectivity index (χ4v) is 3.00. The number of benzene rings is 1. The normalized spacial score (nSPS) is 13.4. The zero-order valence-corrected chi connectivity index (χ0v) is 11.6. The first-order valence-electron chi connectivity index (χ1n) is 6.50. The first kappa shape index (κ1) is 14.0. The average molecular weight is 231 g/mol. The molecule has 0 aromatic heterocycles. The van der Waals surface area contributed by atoms with Gasteiger partial charge in [0.05, 0.1) is 0 Å². The molecular formula is C16H25N. The third-order valence-electron chi connectivity index (χ3n) is 3.94. The minimum Gasteiger partial charge on any atom is -0.313 e. The molecule has 0 saturated heterocycles. The second-order valence-corrected chi connectivity index (χ2v) is 4.80. The van der Waals surface area contributed by atoms with Crippen molar-refractivity contribution < 1.29 is 0 Å². The summed E-state index contributed by atoms with van der Waals surface area (Å²) in [4.78, 5) is 0.